The number of aromatic nitrogens is 4. The fraction of sp³-hybridized carbons (Fsp3) is 0.316. The molecule has 0 bridgehead atoms. The van der Waals surface area contributed by atoms with Crippen LogP contribution in [0.3, 0.4) is 0 Å². The Balaban J connectivity index is 1.72. The standard InChI is InChI=1S/C19H19Cl2N9O/c20-12-1-2-13(21)16-15(12)19(31)30(29-7-5-24-6-8-29)14(28-16)3-4-25-18-11(9-22)17(23)26-10-27-18/h1-2,10,24H,3-8H2,(H3,23,25,26,27). The number of nitrogen functional groups attached to an aromatic ring is 1. The van der Waals surface area contributed by atoms with Gasteiger partial charge in [0.25, 0.3) is 5.56 Å². The summed E-state index contributed by atoms with van der Waals surface area (Å²) in [4.78, 5) is 26.0. The largest absolute Gasteiger partial charge is 0.382 e. The van der Waals surface area contributed by atoms with Gasteiger partial charge in [0.05, 0.1) is 20.9 Å². The van der Waals surface area contributed by atoms with Gasteiger partial charge in [-0.15, -0.1) is 0 Å². The Labute approximate surface area is 187 Å². The number of hydrogen-bond donors (Lipinski definition) is 3. The average molecular weight is 460 g/mol. The molecule has 1 fully saturated rings. The highest BCUT2D eigenvalue weighted by Gasteiger charge is 2.21. The number of benzene rings is 1. The van der Waals surface area contributed by atoms with Gasteiger partial charge in [-0.25, -0.2) is 19.6 Å². The van der Waals surface area contributed by atoms with Crippen molar-refractivity contribution in [1.29, 1.82) is 5.26 Å². The van der Waals surface area contributed by atoms with Gasteiger partial charge in [-0.1, -0.05) is 23.2 Å². The predicted octanol–water partition coefficient (Wildman–Crippen LogP) is 1.14. The third-order valence-corrected chi connectivity index (χ3v) is 5.60. The fourth-order valence-corrected chi connectivity index (χ4v) is 3.93. The molecule has 0 amide bonds. The van der Waals surface area contributed by atoms with Crippen molar-refractivity contribution in [3.8, 4) is 6.07 Å². The van der Waals surface area contributed by atoms with Crippen LogP contribution in [0.2, 0.25) is 10.0 Å². The lowest BCUT2D eigenvalue weighted by Crippen LogP contribution is -2.54. The van der Waals surface area contributed by atoms with E-state index in [9.17, 15) is 10.1 Å². The molecule has 3 aromatic rings. The minimum atomic E-state index is -0.265. The highest BCUT2D eigenvalue weighted by Crippen LogP contribution is 2.26. The second-order valence-corrected chi connectivity index (χ2v) is 7.69. The normalized spacial score (nSPS) is 13.9. The minimum absolute atomic E-state index is 0.1000. The van der Waals surface area contributed by atoms with Crippen LogP contribution in [-0.2, 0) is 6.42 Å². The highest BCUT2D eigenvalue weighted by molar-refractivity contribution is 6.39. The topological polar surface area (TPSA) is 138 Å². The Morgan fingerprint density at radius 1 is 1.23 bits per heavy atom. The van der Waals surface area contributed by atoms with Gasteiger partial charge in [-0.05, 0) is 12.1 Å². The number of rotatable bonds is 5. The number of hydrogen-bond acceptors (Lipinski definition) is 9. The van der Waals surface area contributed by atoms with Gasteiger partial charge >= 0.3 is 0 Å². The van der Waals surface area contributed by atoms with E-state index in [4.69, 9.17) is 28.9 Å². The first-order valence-corrected chi connectivity index (χ1v) is 10.4. The van der Waals surface area contributed by atoms with Gasteiger partial charge in [0.1, 0.15) is 35.4 Å². The van der Waals surface area contributed by atoms with E-state index in [1.807, 2.05) is 11.1 Å². The van der Waals surface area contributed by atoms with E-state index < -0.39 is 0 Å². The van der Waals surface area contributed by atoms with Gasteiger partial charge in [-0.2, -0.15) is 5.26 Å². The zero-order valence-corrected chi connectivity index (χ0v) is 17.9. The maximum absolute atomic E-state index is 13.4. The SMILES string of the molecule is N#Cc1c(N)ncnc1NCCc1nc2c(Cl)ccc(Cl)c2c(=O)n1N1CCNCC1. The van der Waals surface area contributed by atoms with E-state index in [0.717, 1.165) is 13.1 Å². The molecule has 0 aliphatic carbocycles. The van der Waals surface area contributed by atoms with Crippen molar-refractivity contribution >= 4 is 45.7 Å². The van der Waals surface area contributed by atoms with Crippen LogP contribution in [0.4, 0.5) is 11.6 Å². The summed E-state index contributed by atoms with van der Waals surface area (Å²) >= 11 is 12.6. The van der Waals surface area contributed by atoms with E-state index in [-0.39, 0.29) is 16.9 Å². The molecule has 1 aromatic carbocycles. The molecule has 0 spiro atoms. The molecule has 1 aliphatic rings. The van der Waals surface area contributed by atoms with Crippen LogP contribution in [0.5, 0.6) is 0 Å². The first-order valence-electron chi connectivity index (χ1n) is 9.61. The van der Waals surface area contributed by atoms with Crippen LogP contribution >= 0.6 is 23.2 Å². The quantitative estimate of drug-likeness (QED) is 0.512. The molecule has 12 heteroatoms. The smallest absolute Gasteiger partial charge is 0.281 e. The maximum atomic E-state index is 13.4. The van der Waals surface area contributed by atoms with Gasteiger partial charge in [-0.3, -0.25) is 4.79 Å². The Bertz CT molecular complexity index is 1230. The Morgan fingerprint density at radius 3 is 2.71 bits per heavy atom. The summed E-state index contributed by atoms with van der Waals surface area (Å²) in [5.74, 6) is 0.951. The van der Waals surface area contributed by atoms with Gasteiger partial charge in [0, 0.05) is 39.1 Å². The van der Waals surface area contributed by atoms with Crippen molar-refractivity contribution < 1.29 is 0 Å². The molecule has 1 saturated heterocycles. The summed E-state index contributed by atoms with van der Waals surface area (Å²) in [6.45, 7) is 3.14. The molecular formula is C19H19Cl2N9O. The Kier molecular flexibility index (Phi) is 6.08. The number of nitrogens with one attached hydrogen (secondary N) is 2. The molecule has 3 heterocycles. The van der Waals surface area contributed by atoms with E-state index >= 15 is 0 Å². The summed E-state index contributed by atoms with van der Waals surface area (Å²) in [5.41, 5.74) is 6.01. The van der Waals surface area contributed by atoms with E-state index in [1.54, 1.807) is 16.8 Å². The molecule has 4 N–H and O–H groups in total. The lowest BCUT2D eigenvalue weighted by Gasteiger charge is -2.32. The number of nitrogens with zero attached hydrogens (tertiary/aromatic N) is 6. The van der Waals surface area contributed by atoms with Crippen molar-refractivity contribution in [2.24, 2.45) is 0 Å². The van der Waals surface area contributed by atoms with Crippen LogP contribution < -0.4 is 26.9 Å². The number of piperazine rings is 1. The molecule has 0 atom stereocenters. The zero-order chi connectivity index (χ0) is 22.0. The number of fused-ring (bicyclic) bond motifs is 1. The highest BCUT2D eigenvalue weighted by atomic mass is 35.5. The van der Waals surface area contributed by atoms with Crippen LogP contribution in [0.25, 0.3) is 10.9 Å². The third-order valence-electron chi connectivity index (χ3n) is 4.98. The summed E-state index contributed by atoms with van der Waals surface area (Å²) < 4.78 is 1.58. The summed E-state index contributed by atoms with van der Waals surface area (Å²) in [6, 6.07) is 5.21. The molecule has 0 unspecified atom stereocenters. The molecule has 0 radical (unpaired) electrons. The van der Waals surface area contributed by atoms with Crippen LogP contribution in [-0.4, -0.2) is 52.4 Å². The second-order valence-electron chi connectivity index (χ2n) is 6.87. The van der Waals surface area contributed by atoms with Crippen LogP contribution in [0.1, 0.15) is 11.4 Å². The zero-order valence-electron chi connectivity index (χ0n) is 16.4. The number of nitrogens with two attached hydrogens (primary N) is 1. The average Bonchev–Trinajstić information content (AvgIpc) is 2.77. The molecule has 160 valence electrons. The summed E-state index contributed by atoms with van der Waals surface area (Å²) in [5, 5.41) is 18.5. The molecule has 0 saturated carbocycles. The minimum Gasteiger partial charge on any atom is -0.382 e. The van der Waals surface area contributed by atoms with Crippen molar-refractivity contribution in [2.75, 3.05) is 48.8 Å². The van der Waals surface area contributed by atoms with Crippen molar-refractivity contribution in [3.05, 3.63) is 50.2 Å². The van der Waals surface area contributed by atoms with Crippen LogP contribution in [0, 0.1) is 11.3 Å². The number of anilines is 2. The van der Waals surface area contributed by atoms with Gasteiger partial charge < -0.3 is 21.4 Å². The predicted molar refractivity (Wildman–Crippen MR) is 120 cm³/mol. The van der Waals surface area contributed by atoms with Crippen molar-refractivity contribution in [2.45, 2.75) is 6.42 Å². The third kappa shape index (κ3) is 4.07. The summed E-state index contributed by atoms with van der Waals surface area (Å²) in [7, 11) is 0. The first kappa shape index (κ1) is 21.1. The molecular weight excluding hydrogens is 441 g/mol. The molecule has 2 aromatic heterocycles. The Hall–Kier alpha value is -3.13. The van der Waals surface area contributed by atoms with E-state index in [0.29, 0.717) is 58.6 Å². The van der Waals surface area contributed by atoms with Crippen molar-refractivity contribution in [3.63, 3.8) is 0 Å². The van der Waals surface area contributed by atoms with E-state index in [2.05, 4.69) is 25.6 Å². The number of halogens is 2. The van der Waals surface area contributed by atoms with E-state index in [1.165, 1.54) is 6.33 Å². The molecule has 4 rings (SSSR count). The molecule has 10 nitrogen and oxygen atoms in total. The first-order chi connectivity index (χ1) is 15.0. The molecule has 31 heavy (non-hydrogen) atoms. The number of nitriles is 1. The van der Waals surface area contributed by atoms with Crippen LogP contribution in [0.15, 0.2) is 23.3 Å². The van der Waals surface area contributed by atoms with Crippen molar-refractivity contribution in [1.82, 2.24) is 24.9 Å². The van der Waals surface area contributed by atoms with Gasteiger partial charge in [0.2, 0.25) is 0 Å². The lowest BCUT2D eigenvalue weighted by atomic mass is 10.2. The maximum Gasteiger partial charge on any atom is 0.281 e. The monoisotopic (exact) mass is 459 g/mol. The van der Waals surface area contributed by atoms with Gasteiger partial charge in [0.15, 0.2) is 0 Å². The molecule has 1 aliphatic heterocycles. The fourth-order valence-electron chi connectivity index (χ4n) is 3.50. The second kappa shape index (κ2) is 8.93. The summed E-state index contributed by atoms with van der Waals surface area (Å²) in [6.07, 6.45) is 1.65. The lowest BCUT2D eigenvalue weighted by molar-refractivity contribution is 0.467. The Morgan fingerprint density at radius 2 is 1.97 bits per heavy atom.